The van der Waals surface area contributed by atoms with E-state index in [1.54, 1.807) is 4.90 Å². The Bertz CT molecular complexity index is 457. The molecule has 1 fully saturated rings. The second kappa shape index (κ2) is 4.83. The van der Waals surface area contributed by atoms with Gasteiger partial charge in [-0.1, -0.05) is 5.16 Å². The third-order valence-electron chi connectivity index (χ3n) is 2.87. The third kappa shape index (κ3) is 2.46. The van der Waals surface area contributed by atoms with E-state index in [-0.39, 0.29) is 5.91 Å². The number of aryl methyl sites for hydroxylation is 2. The molecule has 1 N–H and O–H groups in total. The van der Waals surface area contributed by atoms with Crippen molar-refractivity contribution in [2.75, 3.05) is 13.1 Å². The number of carbonyl (C=O) groups is 1. The number of likely N-dealkylation sites (tertiary alicyclic amines) is 1. The molecule has 1 saturated heterocycles. The summed E-state index contributed by atoms with van der Waals surface area (Å²) in [7, 11) is 0. The molecule has 1 aromatic rings. The summed E-state index contributed by atoms with van der Waals surface area (Å²) in [5.74, 6) is 0.0464. The molecule has 1 amide bonds. The van der Waals surface area contributed by atoms with Gasteiger partial charge in [0.2, 0.25) is 0 Å². The lowest BCUT2D eigenvalue weighted by Crippen LogP contribution is -2.38. The van der Waals surface area contributed by atoms with Gasteiger partial charge in [-0.25, -0.2) is 4.98 Å². The van der Waals surface area contributed by atoms with Gasteiger partial charge in [0, 0.05) is 25.9 Å². The normalized spacial score (nSPS) is 16.1. The molecule has 0 aliphatic carbocycles. The van der Waals surface area contributed by atoms with Crippen LogP contribution in [-0.4, -0.2) is 39.8 Å². The maximum atomic E-state index is 12.2. The maximum absolute atomic E-state index is 12.2. The van der Waals surface area contributed by atoms with Crippen LogP contribution in [0.4, 0.5) is 0 Å². The summed E-state index contributed by atoms with van der Waals surface area (Å²) in [4.78, 5) is 19.0. The number of thiazole rings is 1. The molecular weight excluding hydrogens is 238 g/mol. The summed E-state index contributed by atoms with van der Waals surface area (Å²) in [5, 5.41) is 12.8. The Morgan fingerprint density at radius 3 is 2.53 bits per heavy atom. The predicted octanol–water partition coefficient (Wildman–Crippen LogP) is 1.83. The maximum Gasteiger partial charge on any atom is 0.265 e. The van der Waals surface area contributed by atoms with E-state index in [4.69, 9.17) is 5.21 Å². The minimum Gasteiger partial charge on any atom is -0.411 e. The first-order valence-electron chi connectivity index (χ1n) is 5.55. The van der Waals surface area contributed by atoms with E-state index in [2.05, 4.69) is 10.1 Å². The Balaban J connectivity index is 2.09. The summed E-state index contributed by atoms with van der Waals surface area (Å²) in [6.07, 6.45) is 1.30. The molecule has 5 nitrogen and oxygen atoms in total. The Morgan fingerprint density at radius 1 is 1.41 bits per heavy atom. The number of piperidine rings is 1. The predicted molar refractivity (Wildman–Crippen MR) is 65.9 cm³/mol. The second-order valence-electron chi connectivity index (χ2n) is 4.11. The topological polar surface area (TPSA) is 65.8 Å². The van der Waals surface area contributed by atoms with Crippen molar-refractivity contribution in [3.63, 3.8) is 0 Å². The fourth-order valence-corrected chi connectivity index (χ4v) is 2.83. The van der Waals surface area contributed by atoms with Crippen LogP contribution in [0.1, 0.15) is 33.2 Å². The standard InChI is InChI=1S/C11H15N3O2S/c1-7-10(17-8(2)12-7)11(15)14-5-3-9(13-16)4-6-14/h16H,3-6H2,1-2H3. The van der Waals surface area contributed by atoms with Crippen LogP contribution in [0, 0.1) is 13.8 Å². The highest BCUT2D eigenvalue weighted by molar-refractivity contribution is 7.13. The fourth-order valence-electron chi connectivity index (χ4n) is 1.94. The minimum atomic E-state index is 0.0464. The number of aromatic nitrogens is 1. The number of carbonyl (C=O) groups excluding carboxylic acids is 1. The largest absolute Gasteiger partial charge is 0.411 e. The van der Waals surface area contributed by atoms with Gasteiger partial charge in [-0.2, -0.15) is 0 Å². The summed E-state index contributed by atoms with van der Waals surface area (Å²) in [5.41, 5.74) is 1.57. The van der Waals surface area contributed by atoms with Crippen molar-refractivity contribution in [1.82, 2.24) is 9.88 Å². The zero-order chi connectivity index (χ0) is 12.4. The minimum absolute atomic E-state index is 0.0464. The van der Waals surface area contributed by atoms with E-state index < -0.39 is 0 Å². The van der Waals surface area contributed by atoms with Gasteiger partial charge >= 0.3 is 0 Å². The van der Waals surface area contributed by atoms with Crippen molar-refractivity contribution in [2.45, 2.75) is 26.7 Å². The average molecular weight is 253 g/mol. The molecule has 0 atom stereocenters. The van der Waals surface area contributed by atoms with Gasteiger partial charge in [0.25, 0.3) is 5.91 Å². The first-order chi connectivity index (χ1) is 8.11. The lowest BCUT2D eigenvalue weighted by Gasteiger charge is -2.26. The fraction of sp³-hybridized carbons (Fsp3) is 0.545. The molecule has 0 aromatic carbocycles. The molecule has 17 heavy (non-hydrogen) atoms. The van der Waals surface area contributed by atoms with Crippen molar-refractivity contribution in [2.24, 2.45) is 5.16 Å². The number of rotatable bonds is 1. The van der Waals surface area contributed by atoms with Crippen molar-refractivity contribution >= 4 is 23.0 Å². The first-order valence-corrected chi connectivity index (χ1v) is 6.36. The van der Waals surface area contributed by atoms with Gasteiger partial charge < -0.3 is 10.1 Å². The Hall–Kier alpha value is -1.43. The van der Waals surface area contributed by atoms with Crippen LogP contribution in [0.2, 0.25) is 0 Å². The van der Waals surface area contributed by atoms with E-state index in [0.717, 1.165) is 21.3 Å². The Labute approximate surface area is 104 Å². The smallest absolute Gasteiger partial charge is 0.265 e. The summed E-state index contributed by atoms with van der Waals surface area (Å²) in [6.45, 7) is 5.01. The monoisotopic (exact) mass is 253 g/mol. The molecule has 92 valence electrons. The quantitative estimate of drug-likeness (QED) is 0.613. The zero-order valence-corrected chi connectivity index (χ0v) is 10.8. The molecule has 0 radical (unpaired) electrons. The van der Waals surface area contributed by atoms with Crippen LogP contribution in [0.15, 0.2) is 5.16 Å². The number of nitrogens with zero attached hydrogens (tertiary/aromatic N) is 3. The zero-order valence-electron chi connectivity index (χ0n) is 9.93. The number of hydrogen-bond donors (Lipinski definition) is 1. The Morgan fingerprint density at radius 2 is 2.06 bits per heavy atom. The first kappa shape index (κ1) is 12.0. The summed E-state index contributed by atoms with van der Waals surface area (Å²) >= 11 is 1.44. The molecule has 1 aliphatic rings. The molecule has 2 heterocycles. The van der Waals surface area contributed by atoms with Gasteiger partial charge in [-0.15, -0.1) is 11.3 Å². The third-order valence-corrected chi connectivity index (χ3v) is 3.93. The van der Waals surface area contributed by atoms with Gasteiger partial charge in [0.15, 0.2) is 0 Å². The van der Waals surface area contributed by atoms with Crippen LogP contribution in [-0.2, 0) is 0 Å². The SMILES string of the molecule is Cc1nc(C)c(C(=O)N2CCC(=NO)CC2)s1. The van der Waals surface area contributed by atoms with Crippen molar-refractivity contribution in [3.8, 4) is 0 Å². The lowest BCUT2D eigenvalue weighted by molar-refractivity contribution is 0.0757. The van der Waals surface area contributed by atoms with Gasteiger partial charge in [-0.3, -0.25) is 4.79 Å². The highest BCUT2D eigenvalue weighted by Gasteiger charge is 2.24. The van der Waals surface area contributed by atoms with E-state index in [1.165, 1.54) is 11.3 Å². The summed E-state index contributed by atoms with van der Waals surface area (Å²) < 4.78 is 0. The van der Waals surface area contributed by atoms with E-state index in [9.17, 15) is 4.79 Å². The van der Waals surface area contributed by atoms with Gasteiger partial charge in [0.05, 0.1) is 16.4 Å². The molecule has 0 unspecified atom stereocenters. The molecule has 0 bridgehead atoms. The highest BCUT2D eigenvalue weighted by Crippen LogP contribution is 2.20. The van der Waals surface area contributed by atoms with Crippen molar-refractivity contribution in [3.05, 3.63) is 15.6 Å². The average Bonchev–Trinajstić information content (AvgIpc) is 2.68. The van der Waals surface area contributed by atoms with Crippen LogP contribution >= 0.6 is 11.3 Å². The van der Waals surface area contributed by atoms with Crippen LogP contribution in [0.25, 0.3) is 0 Å². The van der Waals surface area contributed by atoms with Gasteiger partial charge in [0.1, 0.15) is 4.88 Å². The van der Waals surface area contributed by atoms with Crippen LogP contribution in [0.3, 0.4) is 0 Å². The lowest BCUT2D eigenvalue weighted by atomic mass is 10.1. The molecule has 0 spiro atoms. The van der Waals surface area contributed by atoms with E-state index in [1.807, 2.05) is 13.8 Å². The van der Waals surface area contributed by atoms with Crippen LogP contribution in [0.5, 0.6) is 0 Å². The highest BCUT2D eigenvalue weighted by atomic mass is 32.1. The molecule has 0 saturated carbocycles. The second-order valence-corrected chi connectivity index (χ2v) is 5.31. The van der Waals surface area contributed by atoms with Crippen LogP contribution < -0.4 is 0 Å². The van der Waals surface area contributed by atoms with Crippen molar-refractivity contribution in [1.29, 1.82) is 0 Å². The molecule has 1 aliphatic heterocycles. The number of oxime groups is 1. The van der Waals surface area contributed by atoms with E-state index in [0.29, 0.717) is 25.9 Å². The van der Waals surface area contributed by atoms with E-state index >= 15 is 0 Å². The molecular formula is C11H15N3O2S. The van der Waals surface area contributed by atoms with Crippen molar-refractivity contribution < 1.29 is 10.0 Å². The number of amides is 1. The number of hydrogen-bond acceptors (Lipinski definition) is 5. The Kier molecular flexibility index (Phi) is 3.42. The molecule has 6 heteroatoms. The molecule has 2 rings (SSSR count). The molecule has 1 aromatic heterocycles. The van der Waals surface area contributed by atoms with Gasteiger partial charge in [-0.05, 0) is 13.8 Å². The summed E-state index contributed by atoms with van der Waals surface area (Å²) in [6, 6.07) is 0.